The number of halogens is 3. The normalized spacial score (nSPS) is 19.0. The van der Waals surface area contributed by atoms with Gasteiger partial charge in [0.1, 0.15) is 23.6 Å². The largest absolute Gasteiger partial charge is 0.378 e. The number of piperidine rings is 1. The highest BCUT2D eigenvalue weighted by Crippen LogP contribution is 2.39. The molecule has 5 rings (SSSR count). The van der Waals surface area contributed by atoms with Gasteiger partial charge in [-0.15, -0.1) is 5.10 Å². The first kappa shape index (κ1) is 21.0. The van der Waals surface area contributed by atoms with Crippen molar-refractivity contribution in [2.24, 2.45) is 0 Å². The number of aryl methyl sites for hydroxylation is 1. The van der Waals surface area contributed by atoms with Crippen molar-refractivity contribution >= 4 is 11.6 Å². The summed E-state index contributed by atoms with van der Waals surface area (Å²) in [5.74, 6) is -1.14. The fraction of sp³-hybridized carbons (Fsp3) is 0.391. The van der Waals surface area contributed by atoms with E-state index in [1.54, 1.807) is 6.07 Å². The summed E-state index contributed by atoms with van der Waals surface area (Å²) >= 11 is 0. The molecule has 2 aliphatic rings. The molecular weight excluding hydrogens is 419 g/mol. The van der Waals surface area contributed by atoms with Crippen LogP contribution in [0.5, 0.6) is 0 Å². The van der Waals surface area contributed by atoms with Crippen LogP contribution in [0.1, 0.15) is 24.0 Å². The van der Waals surface area contributed by atoms with Gasteiger partial charge in [0.15, 0.2) is 0 Å². The predicted octanol–water partition coefficient (Wildman–Crippen LogP) is 4.26. The molecule has 2 saturated heterocycles. The van der Waals surface area contributed by atoms with Crippen molar-refractivity contribution in [1.29, 1.82) is 0 Å². The fourth-order valence-electron chi connectivity index (χ4n) is 4.33. The summed E-state index contributed by atoms with van der Waals surface area (Å²) in [5, 5.41) is 7.32. The van der Waals surface area contributed by atoms with Crippen LogP contribution in [-0.2, 0) is 10.4 Å². The summed E-state index contributed by atoms with van der Waals surface area (Å²) in [6.07, 6.45) is 2.23. The van der Waals surface area contributed by atoms with Crippen molar-refractivity contribution in [3.63, 3.8) is 0 Å². The number of rotatable bonds is 5. The Morgan fingerprint density at radius 2 is 1.75 bits per heavy atom. The molecule has 0 unspecified atom stereocenters. The number of nitrogens with zero attached hydrogens (tertiary/aromatic N) is 4. The number of likely N-dealkylation sites (tertiary alicyclic amines) is 1. The lowest BCUT2D eigenvalue weighted by molar-refractivity contribution is -0.0856. The van der Waals surface area contributed by atoms with E-state index in [0.29, 0.717) is 43.2 Å². The topological polar surface area (TPSA) is 55.2 Å². The molecular formula is C23H24F3N5O. The molecule has 1 N–H and O–H groups in total. The van der Waals surface area contributed by atoms with Crippen molar-refractivity contribution in [2.45, 2.75) is 31.5 Å². The fourth-order valence-corrected chi connectivity index (χ4v) is 4.33. The third-order valence-corrected chi connectivity index (χ3v) is 6.18. The number of hydrogen-bond acceptors (Lipinski definition) is 5. The van der Waals surface area contributed by atoms with Crippen LogP contribution in [-0.4, -0.2) is 52.0 Å². The number of hydrogen-bond donors (Lipinski definition) is 1. The first-order valence-corrected chi connectivity index (χ1v) is 10.7. The summed E-state index contributed by atoms with van der Waals surface area (Å²) in [7, 11) is 0. The molecule has 1 aromatic heterocycles. The van der Waals surface area contributed by atoms with E-state index in [1.807, 2.05) is 19.1 Å². The zero-order chi connectivity index (χ0) is 22.3. The molecule has 2 fully saturated rings. The number of aromatic nitrogens is 3. The summed E-state index contributed by atoms with van der Waals surface area (Å²) in [5.41, 5.74) is 1.05. The highest BCUT2D eigenvalue weighted by Gasteiger charge is 2.39. The molecule has 0 bridgehead atoms. The van der Waals surface area contributed by atoms with Gasteiger partial charge in [-0.3, -0.25) is 4.90 Å². The molecule has 2 aromatic carbocycles. The zero-order valence-electron chi connectivity index (χ0n) is 17.7. The second-order valence-corrected chi connectivity index (χ2v) is 8.55. The Bertz CT molecular complexity index is 1100. The van der Waals surface area contributed by atoms with E-state index in [4.69, 9.17) is 4.74 Å². The summed E-state index contributed by atoms with van der Waals surface area (Å²) < 4.78 is 49.4. The second kappa shape index (κ2) is 8.22. The number of alkyl halides is 1. The smallest absolute Gasteiger partial charge is 0.246 e. The third kappa shape index (κ3) is 4.22. The minimum Gasteiger partial charge on any atom is -0.378 e. The summed E-state index contributed by atoms with van der Waals surface area (Å²) in [6.45, 7) is 4.80. The Balaban J connectivity index is 1.33. The van der Waals surface area contributed by atoms with Crippen LogP contribution in [0.4, 0.5) is 24.8 Å². The number of ether oxygens (including phenoxy) is 1. The Hall–Kier alpha value is -2.91. The van der Waals surface area contributed by atoms with Gasteiger partial charge in [-0.2, -0.15) is 4.98 Å². The van der Waals surface area contributed by atoms with Crippen LogP contribution in [0.2, 0.25) is 0 Å². The highest BCUT2D eigenvalue weighted by molar-refractivity contribution is 5.57. The molecule has 32 heavy (non-hydrogen) atoms. The van der Waals surface area contributed by atoms with Crippen molar-refractivity contribution in [3.05, 3.63) is 65.5 Å². The molecule has 0 aliphatic carbocycles. The van der Waals surface area contributed by atoms with E-state index < -0.39 is 17.3 Å². The average Bonchev–Trinajstić information content (AvgIpc) is 3.16. The molecule has 0 spiro atoms. The predicted molar refractivity (Wildman–Crippen MR) is 114 cm³/mol. The van der Waals surface area contributed by atoms with Gasteiger partial charge in [0, 0.05) is 24.8 Å². The molecule has 0 amide bonds. The van der Waals surface area contributed by atoms with Crippen molar-refractivity contribution in [2.75, 3.05) is 31.6 Å². The van der Waals surface area contributed by atoms with Gasteiger partial charge in [-0.25, -0.2) is 17.9 Å². The molecule has 6 nitrogen and oxygen atoms in total. The maximum atomic E-state index is 15.9. The van der Waals surface area contributed by atoms with Crippen molar-refractivity contribution < 1.29 is 17.9 Å². The molecule has 9 heteroatoms. The Kier molecular flexibility index (Phi) is 5.38. The van der Waals surface area contributed by atoms with Gasteiger partial charge in [0.05, 0.1) is 24.9 Å². The van der Waals surface area contributed by atoms with Gasteiger partial charge < -0.3 is 10.1 Å². The second-order valence-electron chi connectivity index (χ2n) is 8.55. The van der Waals surface area contributed by atoms with E-state index in [2.05, 4.69) is 20.3 Å². The Labute approximate surface area is 184 Å². The number of anilines is 2. The van der Waals surface area contributed by atoms with Gasteiger partial charge in [0.25, 0.3) is 0 Å². The zero-order valence-corrected chi connectivity index (χ0v) is 17.7. The van der Waals surface area contributed by atoms with E-state index in [1.165, 1.54) is 23.1 Å². The van der Waals surface area contributed by atoms with Crippen LogP contribution < -0.4 is 5.32 Å². The Morgan fingerprint density at radius 3 is 2.41 bits per heavy atom. The molecule has 2 aliphatic heterocycles. The summed E-state index contributed by atoms with van der Waals surface area (Å²) in [6, 6.07) is 9.11. The van der Waals surface area contributed by atoms with Crippen LogP contribution >= 0.6 is 0 Å². The van der Waals surface area contributed by atoms with E-state index >= 15 is 4.39 Å². The van der Waals surface area contributed by atoms with Gasteiger partial charge in [-0.1, -0.05) is 6.07 Å². The first-order valence-electron chi connectivity index (χ1n) is 10.7. The van der Waals surface area contributed by atoms with Gasteiger partial charge >= 0.3 is 0 Å². The molecule has 0 atom stereocenters. The number of nitrogens with one attached hydrogen (secondary N) is 1. The van der Waals surface area contributed by atoms with Crippen LogP contribution in [0.25, 0.3) is 5.69 Å². The molecule has 3 heterocycles. The first-order chi connectivity index (χ1) is 15.4. The number of benzene rings is 2. The lowest BCUT2D eigenvalue weighted by Crippen LogP contribution is -2.53. The highest BCUT2D eigenvalue weighted by atomic mass is 19.1. The maximum Gasteiger partial charge on any atom is 0.246 e. The minimum absolute atomic E-state index is 0.222. The van der Waals surface area contributed by atoms with E-state index in [0.717, 1.165) is 24.8 Å². The molecule has 168 valence electrons. The Morgan fingerprint density at radius 1 is 1.03 bits per heavy atom. The van der Waals surface area contributed by atoms with Gasteiger partial charge in [-0.05, 0) is 55.2 Å². The lowest BCUT2D eigenvalue weighted by Gasteiger charge is -2.43. The third-order valence-electron chi connectivity index (χ3n) is 6.18. The maximum absolute atomic E-state index is 15.9. The quantitative estimate of drug-likeness (QED) is 0.639. The van der Waals surface area contributed by atoms with E-state index in [9.17, 15) is 8.78 Å². The van der Waals surface area contributed by atoms with Crippen molar-refractivity contribution in [3.8, 4) is 5.69 Å². The molecule has 0 saturated carbocycles. The summed E-state index contributed by atoms with van der Waals surface area (Å²) in [4.78, 5) is 6.47. The van der Waals surface area contributed by atoms with Crippen molar-refractivity contribution in [1.82, 2.24) is 19.7 Å². The van der Waals surface area contributed by atoms with Crippen LogP contribution in [0.3, 0.4) is 0 Å². The van der Waals surface area contributed by atoms with E-state index in [-0.39, 0.29) is 11.6 Å². The van der Waals surface area contributed by atoms with Crippen LogP contribution in [0.15, 0.2) is 42.7 Å². The molecule has 0 radical (unpaired) electrons. The molecule has 3 aromatic rings. The SMILES string of the molecule is Cc1cc(Nc2ncn(-c3cc(F)cc(F)c3)n2)cc(C2(F)CCN(C3COC3)CC2)c1. The van der Waals surface area contributed by atoms with Crippen LogP contribution in [0, 0.1) is 18.6 Å². The average molecular weight is 443 g/mol. The monoisotopic (exact) mass is 443 g/mol. The minimum atomic E-state index is -1.39. The van der Waals surface area contributed by atoms with Gasteiger partial charge in [0.2, 0.25) is 5.95 Å². The standard InChI is InChI=1S/C23H24F3N5O/c1-15-6-16(23(26)2-4-30(5-3-23)21-12-32-13-21)8-19(7-15)28-22-27-14-31(29-22)20-10-17(24)9-18(25)11-20/h6-11,14,21H,2-5,12-13H2,1H3,(H,28,29). The lowest BCUT2D eigenvalue weighted by atomic mass is 9.84.